The molecule has 0 heterocycles. The van der Waals surface area contributed by atoms with E-state index in [-0.39, 0.29) is 21.7 Å². The molecule has 0 nitrogen and oxygen atoms in total. The van der Waals surface area contributed by atoms with Crippen LogP contribution in [0.4, 0.5) is 0 Å². The Labute approximate surface area is 121 Å². The Kier molecular flexibility index (Phi) is 16.3. The Morgan fingerprint density at radius 3 is 1.41 bits per heavy atom. The van der Waals surface area contributed by atoms with Crippen molar-refractivity contribution in [3.8, 4) is 0 Å². The predicted octanol–water partition coefficient (Wildman–Crippen LogP) is 4.79. The van der Waals surface area contributed by atoms with E-state index in [0.29, 0.717) is 0 Å². The van der Waals surface area contributed by atoms with Crippen molar-refractivity contribution in [3.63, 3.8) is 0 Å². The molecule has 0 unspecified atom stereocenters. The normalized spacial score (nSPS) is 8.94. The zero-order chi connectivity index (χ0) is 12.1. The second-order valence-electron chi connectivity index (χ2n) is 3.24. The van der Waals surface area contributed by atoms with E-state index in [0.717, 1.165) is 12.0 Å². The summed E-state index contributed by atoms with van der Waals surface area (Å²) in [5.74, 6) is 0. The van der Waals surface area contributed by atoms with Crippen LogP contribution < -0.4 is 0 Å². The third kappa shape index (κ3) is 17.6. The first-order chi connectivity index (χ1) is 7.77. The molecule has 0 N–H and O–H groups in total. The average Bonchev–Trinajstić information content (AvgIpc) is 2.98. The van der Waals surface area contributed by atoms with Crippen LogP contribution in [0.2, 0.25) is 0 Å². The Hall–Kier alpha value is -0.976. The van der Waals surface area contributed by atoms with Gasteiger partial charge >= 0.3 is 21.7 Å². The average molecular weight is 260 g/mol. The number of rotatable bonds is 1. The minimum Gasteiger partial charge on any atom is -0.529 e. The van der Waals surface area contributed by atoms with E-state index in [1.54, 1.807) is 0 Å². The standard InChI is InChI=1S/C6H10.2C5H5.Ti/c1-4-5-6(2)3;2*1-2-4-5-3-1;/h2,4H2,1,3H3;2*1-5H;/q-2;2*-1;+4. The fourth-order valence-corrected chi connectivity index (χ4v) is 0.943. The van der Waals surface area contributed by atoms with E-state index >= 15 is 0 Å². The second kappa shape index (κ2) is 15.0. The zero-order valence-electron chi connectivity index (χ0n) is 10.7. The molecule has 0 fully saturated rings. The summed E-state index contributed by atoms with van der Waals surface area (Å²) < 4.78 is 0. The van der Waals surface area contributed by atoms with E-state index in [1.807, 2.05) is 67.6 Å². The van der Waals surface area contributed by atoms with Gasteiger partial charge in [0.05, 0.1) is 0 Å². The maximum absolute atomic E-state index is 3.63. The molecule has 17 heavy (non-hydrogen) atoms. The van der Waals surface area contributed by atoms with Crippen LogP contribution in [0.5, 0.6) is 0 Å². The molecule has 0 aliphatic heterocycles. The minimum absolute atomic E-state index is 0. The van der Waals surface area contributed by atoms with Crippen LogP contribution in [0.1, 0.15) is 20.3 Å². The molecular weight excluding hydrogens is 240 g/mol. The molecule has 1 heteroatoms. The maximum Gasteiger partial charge on any atom is 4.00 e. The zero-order valence-corrected chi connectivity index (χ0v) is 12.2. The first-order valence-electron chi connectivity index (χ1n) is 5.50. The fraction of sp³-hybridized carbons (Fsp3) is 0.188. The number of hydrogen-bond donors (Lipinski definition) is 0. The van der Waals surface area contributed by atoms with Crippen molar-refractivity contribution in [2.24, 2.45) is 0 Å². The molecule has 0 aliphatic carbocycles. The fourth-order valence-electron chi connectivity index (χ4n) is 0.943. The molecule has 0 radical (unpaired) electrons. The molecule has 88 valence electrons. The summed E-state index contributed by atoms with van der Waals surface area (Å²) >= 11 is 0. The van der Waals surface area contributed by atoms with Gasteiger partial charge in [0, 0.05) is 0 Å². The van der Waals surface area contributed by atoms with Crippen molar-refractivity contribution in [3.05, 3.63) is 79.2 Å². The van der Waals surface area contributed by atoms with Gasteiger partial charge in [-0.1, -0.05) is 6.92 Å². The third-order valence-corrected chi connectivity index (χ3v) is 1.59. The summed E-state index contributed by atoms with van der Waals surface area (Å²) in [5, 5.41) is 0. The van der Waals surface area contributed by atoms with Crippen LogP contribution >= 0.6 is 0 Å². The van der Waals surface area contributed by atoms with Crippen LogP contribution in [0.25, 0.3) is 0 Å². The number of allylic oxidation sites excluding steroid dienone is 2. The molecule has 0 bridgehead atoms. The summed E-state index contributed by atoms with van der Waals surface area (Å²) in [6.45, 7) is 7.63. The van der Waals surface area contributed by atoms with Crippen LogP contribution in [0.3, 0.4) is 0 Å². The number of hydrogen-bond acceptors (Lipinski definition) is 0. The Bertz CT molecular complexity index is 250. The molecule has 0 aromatic heterocycles. The van der Waals surface area contributed by atoms with Gasteiger partial charge in [0.25, 0.3) is 0 Å². The predicted molar refractivity (Wildman–Crippen MR) is 72.1 cm³/mol. The summed E-state index contributed by atoms with van der Waals surface area (Å²) in [4.78, 5) is 0. The summed E-state index contributed by atoms with van der Waals surface area (Å²) in [6.07, 6.45) is 4.00. The second-order valence-corrected chi connectivity index (χ2v) is 3.24. The van der Waals surface area contributed by atoms with E-state index < -0.39 is 0 Å². The van der Waals surface area contributed by atoms with Crippen LogP contribution in [-0.4, -0.2) is 0 Å². The molecular formula is C16H20Ti. The molecule has 2 rings (SSSR count). The minimum atomic E-state index is 0. The molecule has 2 aromatic carbocycles. The van der Waals surface area contributed by atoms with Crippen molar-refractivity contribution in [2.75, 3.05) is 0 Å². The van der Waals surface area contributed by atoms with Crippen molar-refractivity contribution >= 4 is 0 Å². The topological polar surface area (TPSA) is 0 Å². The Balaban J connectivity index is 0. The molecule has 2 aromatic rings. The van der Waals surface area contributed by atoms with Crippen LogP contribution in [-0.2, 0) is 21.7 Å². The van der Waals surface area contributed by atoms with Crippen molar-refractivity contribution in [2.45, 2.75) is 20.3 Å². The largest absolute Gasteiger partial charge is 4.00 e. The Morgan fingerprint density at radius 2 is 1.35 bits per heavy atom. The van der Waals surface area contributed by atoms with E-state index in [2.05, 4.69) is 19.9 Å². The third-order valence-electron chi connectivity index (χ3n) is 1.59. The Morgan fingerprint density at radius 1 is 1.00 bits per heavy atom. The van der Waals surface area contributed by atoms with Gasteiger partial charge in [-0.2, -0.15) is 42.8 Å². The smallest absolute Gasteiger partial charge is 0.529 e. The first kappa shape index (κ1) is 18.4. The maximum atomic E-state index is 3.63. The molecule has 0 aliphatic rings. The summed E-state index contributed by atoms with van der Waals surface area (Å²) in [7, 11) is 0. The van der Waals surface area contributed by atoms with Gasteiger partial charge in [0.1, 0.15) is 0 Å². The van der Waals surface area contributed by atoms with Gasteiger partial charge in [-0.25, -0.2) is 24.3 Å². The SMILES string of the molecule is [CH2-]C(C)=[C-]CC.[Ti+4].c1cc[cH-]c1.c1cc[cH-]c1. The van der Waals surface area contributed by atoms with Gasteiger partial charge in [0.15, 0.2) is 0 Å². The van der Waals surface area contributed by atoms with Crippen LogP contribution in [0, 0.1) is 13.0 Å². The van der Waals surface area contributed by atoms with E-state index in [4.69, 9.17) is 0 Å². The molecule has 0 saturated heterocycles. The first-order valence-corrected chi connectivity index (χ1v) is 5.50. The van der Waals surface area contributed by atoms with Crippen molar-refractivity contribution < 1.29 is 21.7 Å². The van der Waals surface area contributed by atoms with Gasteiger partial charge in [-0.3, -0.25) is 0 Å². The van der Waals surface area contributed by atoms with Gasteiger partial charge in [-0.15, -0.1) is 6.92 Å². The van der Waals surface area contributed by atoms with Crippen molar-refractivity contribution in [1.29, 1.82) is 0 Å². The van der Waals surface area contributed by atoms with Crippen molar-refractivity contribution in [1.82, 2.24) is 0 Å². The molecule has 0 atom stereocenters. The van der Waals surface area contributed by atoms with Gasteiger partial charge in [0.2, 0.25) is 0 Å². The monoisotopic (exact) mass is 260 g/mol. The van der Waals surface area contributed by atoms with Gasteiger partial charge in [-0.05, 0) is 0 Å². The van der Waals surface area contributed by atoms with Gasteiger partial charge < -0.3 is 18.6 Å². The molecule has 0 amide bonds. The van der Waals surface area contributed by atoms with Crippen LogP contribution in [0.15, 0.2) is 66.2 Å². The van der Waals surface area contributed by atoms with E-state index in [1.165, 1.54) is 0 Å². The molecule has 0 spiro atoms. The summed E-state index contributed by atoms with van der Waals surface area (Å²) in [5.41, 5.74) is 1.04. The molecule has 0 saturated carbocycles. The van der Waals surface area contributed by atoms with E-state index in [9.17, 15) is 0 Å². The quantitative estimate of drug-likeness (QED) is 0.511. The summed E-state index contributed by atoms with van der Waals surface area (Å²) in [6, 6.07) is 20.0.